The number of carbonyl (C=O) groups excluding carboxylic acids is 1. The van der Waals surface area contributed by atoms with Crippen LogP contribution in [-0.4, -0.2) is 48.4 Å². The van der Waals surface area contributed by atoms with Crippen molar-refractivity contribution in [1.82, 2.24) is 9.80 Å². The van der Waals surface area contributed by atoms with Crippen LogP contribution in [0.3, 0.4) is 0 Å². The van der Waals surface area contributed by atoms with Gasteiger partial charge in [-0.25, -0.2) is 4.79 Å². The van der Waals surface area contributed by atoms with Crippen LogP contribution >= 0.6 is 11.6 Å². The molecular weight excluding hydrogens is 164 g/mol. The third-order valence-electron chi connectivity index (χ3n) is 1.86. The summed E-state index contributed by atoms with van der Waals surface area (Å²) in [4.78, 5) is 14.8. The summed E-state index contributed by atoms with van der Waals surface area (Å²) in [6, 6.07) is 0.134. The van der Waals surface area contributed by atoms with Gasteiger partial charge in [-0.05, 0) is 6.42 Å². The van der Waals surface area contributed by atoms with Crippen molar-refractivity contribution in [3.8, 4) is 0 Å². The molecule has 0 aromatic heterocycles. The molecule has 1 rings (SSSR count). The van der Waals surface area contributed by atoms with Gasteiger partial charge in [-0.1, -0.05) is 0 Å². The highest BCUT2D eigenvalue weighted by molar-refractivity contribution is 6.17. The number of hydrogen-bond donors (Lipinski definition) is 0. The molecule has 0 saturated carbocycles. The lowest BCUT2D eigenvalue weighted by molar-refractivity contribution is 0.198. The van der Waals surface area contributed by atoms with E-state index in [4.69, 9.17) is 11.6 Å². The van der Waals surface area contributed by atoms with Gasteiger partial charge < -0.3 is 9.80 Å². The van der Waals surface area contributed by atoms with Crippen molar-refractivity contribution in [3.05, 3.63) is 0 Å². The van der Waals surface area contributed by atoms with Gasteiger partial charge in [-0.3, -0.25) is 0 Å². The average Bonchev–Trinajstić information content (AvgIpc) is 2.31. The first-order valence-corrected chi connectivity index (χ1v) is 4.35. The highest BCUT2D eigenvalue weighted by atomic mass is 35.5. The second kappa shape index (κ2) is 3.81. The van der Waals surface area contributed by atoms with Gasteiger partial charge in [0, 0.05) is 32.6 Å². The molecule has 1 saturated heterocycles. The topological polar surface area (TPSA) is 23.6 Å². The van der Waals surface area contributed by atoms with E-state index in [1.54, 1.807) is 4.90 Å². The third kappa shape index (κ3) is 1.99. The Labute approximate surface area is 71.9 Å². The maximum Gasteiger partial charge on any atom is 0.319 e. The summed E-state index contributed by atoms with van der Waals surface area (Å²) in [6.07, 6.45) is 0.890. The zero-order chi connectivity index (χ0) is 8.27. The first kappa shape index (κ1) is 8.65. The molecule has 64 valence electrons. The summed E-state index contributed by atoms with van der Waals surface area (Å²) in [5, 5.41) is 0. The molecule has 11 heavy (non-hydrogen) atoms. The Balaban J connectivity index is 2.30. The van der Waals surface area contributed by atoms with Crippen molar-refractivity contribution in [2.24, 2.45) is 0 Å². The maximum absolute atomic E-state index is 11.2. The van der Waals surface area contributed by atoms with Crippen molar-refractivity contribution in [3.63, 3.8) is 0 Å². The number of nitrogens with zero attached hydrogens (tertiary/aromatic N) is 2. The highest BCUT2D eigenvalue weighted by Crippen LogP contribution is 2.06. The van der Waals surface area contributed by atoms with E-state index in [0.29, 0.717) is 5.88 Å². The molecule has 1 aliphatic heterocycles. The average molecular weight is 177 g/mol. The van der Waals surface area contributed by atoms with Gasteiger partial charge in [-0.2, -0.15) is 0 Å². The number of rotatable bonds is 3. The number of alkyl halides is 1. The summed E-state index contributed by atoms with van der Waals surface area (Å²) in [5.74, 6) is 0.632. The Morgan fingerprint density at radius 1 is 1.55 bits per heavy atom. The molecule has 0 aromatic rings. The van der Waals surface area contributed by atoms with Crippen LogP contribution < -0.4 is 0 Å². The van der Waals surface area contributed by atoms with Gasteiger partial charge >= 0.3 is 6.03 Å². The fraction of sp³-hybridized carbons (Fsp3) is 0.857. The minimum atomic E-state index is 0.134. The van der Waals surface area contributed by atoms with Gasteiger partial charge in [0.25, 0.3) is 0 Å². The highest BCUT2D eigenvalue weighted by Gasteiger charge is 2.23. The molecule has 2 amide bonds. The SMILES string of the molecule is CN1CCN(CCCCl)C1=O. The third-order valence-corrected chi connectivity index (χ3v) is 2.13. The smallest absolute Gasteiger partial charge is 0.319 e. The molecule has 0 unspecified atom stereocenters. The van der Waals surface area contributed by atoms with Crippen LogP contribution in [0.15, 0.2) is 0 Å². The lowest BCUT2D eigenvalue weighted by atomic mass is 10.4. The summed E-state index contributed by atoms with van der Waals surface area (Å²) in [5.41, 5.74) is 0. The maximum atomic E-state index is 11.2. The van der Waals surface area contributed by atoms with Crippen LogP contribution in [0.2, 0.25) is 0 Å². The van der Waals surface area contributed by atoms with E-state index in [1.165, 1.54) is 0 Å². The molecule has 4 heteroatoms. The lowest BCUT2D eigenvalue weighted by Crippen LogP contribution is -2.30. The Kier molecular flexibility index (Phi) is 3.00. The Bertz CT molecular complexity index is 151. The lowest BCUT2D eigenvalue weighted by Gasteiger charge is -2.14. The molecule has 1 fully saturated rings. The number of carbonyl (C=O) groups is 1. The zero-order valence-electron chi connectivity index (χ0n) is 6.72. The monoisotopic (exact) mass is 176 g/mol. The van der Waals surface area contributed by atoms with E-state index in [1.807, 2.05) is 11.9 Å². The van der Waals surface area contributed by atoms with E-state index in [9.17, 15) is 4.79 Å². The minimum Gasteiger partial charge on any atom is -0.326 e. The molecule has 1 aliphatic rings. The van der Waals surface area contributed by atoms with Gasteiger partial charge in [0.15, 0.2) is 0 Å². The van der Waals surface area contributed by atoms with E-state index in [0.717, 1.165) is 26.1 Å². The molecule has 0 aliphatic carbocycles. The Morgan fingerprint density at radius 3 is 2.73 bits per heavy atom. The van der Waals surface area contributed by atoms with Crippen LogP contribution in [-0.2, 0) is 0 Å². The molecule has 0 atom stereocenters. The van der Waals surface area contributed by atoms with E-state index >= 15 is 0 Å². The predicted molar refractivity (Wildman–Crippen MR) is 44.9 cm³/mol. The van der Waals surface area contributed by atoms with Crippen LogP contribution in [0.4, 0.5) is 4.79 Å². The Morgan fingerprint density at radius 2 is 2.27 bits per heavy atom. The number of urea groups is 1. The summed E-state index contributed by atoms with van der Waals surface area (Å²) < 4.78 is 0. The van der Waals surface area contributed by atoms with E-state index in [-0.39, 0.29) is 6.03 Å². The molecule has 0 spiro atoms. The first-order chi connectivity index (χ1) is 5.25. The quantitative estimate of drug-likeness (QED) is 0.589. The van der Waals surface area contributed by atoms with Crippen molar-refractivity contribution >= 4 is 17.6 Å². The second-order valence-corrected chi connectivity index (χ2v) is 3.11. The van der Waals surface area contributed by atoms with Crippen LogP contribution in [0.5, 0.6) is 0 Å². The predicted octanol–water partition coefficient (Wildman–Crippen LogP) is 0.983. The molecule has 0 aromatic carbocycles. The number of amides is 2. The van der Waals surface area contributed by atoms with Crippen molar-refractivity contribution in [2.75, 3.05) is 32.6 Å². The number of halogens is 1. The van der Waals surface area contributed by atoms with Crippen LogP contribution in [0, 0.1) is 0 Å². The molecule has 1 heterocycles. The first-order valence-electron chi connectivity index (χ1n) is 3.81. The van der Waals surface area contributed by atoms with Crippen LogP contribution in [0.25, 0.3) is 0 Å². The van der Waals surface area contributed by atoms with Gasteiger partial charge in [-0.15, -0.1) is 11.6 Å². The van der Waals surface area contributed by atoms with Crippen molar-refractivity contribution in [2.45, 2.75) is 6.42 Å². The summed E-state index contributed by atoms with van der Waals surface area (Å²) >= 11 is 5.51. The fourth-order valence-corrected chi connectivity index (χ4v) is 1.28. The molecule has 0 bridgehead atoms. The van der Waals surface area contributed by atoms with Gasteiger partial charge in [0.2, 0.25) is 0 Å². The second-order valence-electron chi connectivity index (χ2n) is 2.73. The number of hydrogen-bond acceptors (Lipinski definition) is 1. The molecule has 3 nitrogen and oxygen atoms in total. The van der Waals surface area contributed by atoms with E-state index in [2.05, 4.69) is 0 Å². The fourth-order valence-electron chi connectivity index (χ4n) is 1.16. The number of likely N-dealkylation sites (N-methyl/N-ethyl adjacent to an activating group) is 1. The normalized spacial score (nSPS) is 18.2. The zero-order valence-corrected chi connectivity index (χ0v) is 7.47. The molecular formula is C7H13ClN2O. The van der Waals surface area contributed by atoms with Gasteiger partial charge in [0.1, 0.15) is 0 Å². The Hall–Kier alpha value is -0.440. The van der Waals surface area contributed by atoms with E-state index < -0.39 is 0 Å². The standard InChI is InChI=1S/C7H13ClN2O/c1-9-5-6-10(7(9)11)4-2-3-8/h2-6H2,1H3. The minimum absolute atomic E-state index is 0.134. The van der Waals surface area contributed by atoms with Crippen LogP contribution in [0.1, 0.15) is 6.42 Å². The molecule has 0 radical (unpaired) electrons. The van der Waals surface area contributed by atoms with Crippen molar-refractivity contribution < 1.29 is 4.79 Å². The van der Waals surface area contributed by atoms with Crippen molar-refractivity contribution in [1.29, 1.82) is 0 Å². The molecule has 0 N–H and O–H groups in total. The summed E-state index contributed by atoms with van der Waals surface area (Å²) in [7, 11) is 1.82. The van der Waals surface area contributed by atoms with Gasteiger partial charge in [0.05, 0.1) is 0 Å². The summed E-state index contributed by atoms with van der Waals surface area (Å²) in [6.45, 7) is 2.50. The largest absolute Gasteiger partial charge is 0.326 e.